The number of rotatable bonds is 2. The van der Waals surface area contributed by atoms with Crippen molar-refractivity contribution in [3.63, 3.8) is 0 Å². The van der Waals surface area contributed by atoms with Gasteiger partial charge in [0.2, 0.25) is 17.8 Å². The van der Waals surface area contributed by atoms with Crippen LogP contribution in [0.15, 0.2) is 42.5 Å². The lowest BCUT2D eigenvalue weighted by Gasteiger charge is -2.25. The van der Waals surface area contributed by atoms with E-state index in [1.807, 2.05) is 31.2 Å². The van der Waals surface area contributed by atoms with Crippen LogP contribution in [0, 0.1) is 6.92 Å². The molecule has 1 aliphatic heterocycles. The zero-order valence-electron chi connectivity index (χ0n) is 13.4. The van der Waals surface area contributed by atoms with Crippen LogP contribution in [-0.2, 0) is 9.59 Å². The maximum atomic E-state index is 12.9. The van der Waals surface area contributed by atoms with E-state index in [4.69, 9.17) is 11.6 Å². The highest BCUT2D eigenvalue weighted by atomic mass is 35.5. The van der Waals surface area contributed by atoms with Crippen LogP contribution < -0.4 is 10.6 Å². The van der Waals surface area contributed by atoms with E-state index in [9.17, 15) is 9.59 Å². The molecule has 1 aromatic heterocycles. The molecule has 25 heavy (non-hydrogen) atoms. The Labute approximate surface area is 148 Å². The van der Waals surface area contributed by atoms with Crippen molar-refractivity contribution >= 4 is 46.1 Å². The van der Waals surface area contributed by atoms with E-state index >= 15 is 0 Å². The van der Waals surface area contributed by atoms with E-state index < -0.39 is 6.04 Å². The van der Waals surface area contributed by atoms with Crippen molar-refractivity contribution in [3.05, 3.63) is 53.1 Å². The first-order valence-electron chi connectivity index (χ1n) is 7.87. The standard InChI is InChI=1S/C18H15ClN4O2/c1-10-11(19)5-4-7-12(10)20-17(25)15-9-16(24)22-18-21-13-6-2-3-8-14(13)23(15)18/h2-8,15H,9H2,1H3,(H,20,25)(H,21,22,24)/t15-/m0/s1. The first-order valence-corrected chi connectivity index (χ1v) is 8.25. The molecule has 0 radical (unpaired) electrons. The van der Waals surface area contributed by atoms with Crippen LogP contribution in [0.2, 0.25) is 5.02 Å². The van der Waals surface area contributed by atoms with Gasteiger partial charge >= 0.3 is 0 Å². The monoisotopic (exact) mass is 354 g/mol. The molecule has 0 unspecified atom stereocenters. The van der Waals surface area contributed by atoms with Crippen LogP contribution in [-0.4, -0.2) is 21.4 Å². The quantitative estimate of drug-likeness (QED) is 0.739. The Morgan fingerprint density at radius 2 is 2.08 bits per heavy atom. The minimum Gasteiger partial charge on any atom is -0.324 e. The lowest BCUT2D eigenvalue weighted by Crippen LogP contribution is -2.35. The fourth-order valence-electron chi connectivity index (χ4n) is 3.06. The highest BCUT2D eigenvalue weighted by Crippen LogP contribution is 2.32. The summed E-state index contributed by atoms with van der Waals surface area (Å²) in [6.07, 6.45) is 0.0544. The van der Waals surface area contributed by atoms with Gasteiger partial charge in [-0.05, 0) is 36.8 Å². The molecule has 0 aliphatic carbocycles. The van der Waals surface area contributed by atoms with Crippen molar-refractivity contribution < 1.29 is 9.59 Å². The number of amides is 2. The molecule has 1 aliphatic rings. The Morgan fingerprint density at radius 1 is 1.28 bits per heavy atom. The van der Waals surface area contributed by atoms with Crippen molar-refractivity contribution in [3.8, 4) is 0 Å². The summed E-state index contributed by atoms with van der Waals surface area (Å²) in [5, 5.41) is 6.19. The molecule has 2 aromatic carbocycles. The maximum absolute atomic E-state index is 12.9. The van der Waals surface area contributed by atoms with E-state index in [1.54, 1.807) is 22.8 Å². The molecule has 0 fully saturated rings. The van der Waals surface area contributed by atoms with Crippen molar-refractivity contribution in [2.24, 2.45) is 0 Å². The lowest BCUT2D eigenvalue weighted by molar-refractivity contribution is -0.124. The first kappa shape index (κ1) is 15.7. The number of carbonyl (C=O) groups is 2. The molecule has 0 saturated carbocycles. The third kappa shape index (κ3) is 2.64. The fraction of sp³-hybridized carbons (Fsp3) is 0.167. The second kappa shape index (κ2) is 5.89. The van der Waals surface area contributed by atoms with Crippen LogP contribution in [0.3, 0.4) is 0 Å². The fourth-order valence-corrected chi connectivity index (χ4v) is 3.23. The van der Waals surface area contributed by atoms with Crippen LogP contribution in [0.5, 0.6) is 0 Å². The summed E-state index contributed by atoms with van der Waals surface area (Å²) >= 11 is 6.12. The summed E-state index contributed by atoms with van der Waals surface area (Å²) in [4.78, 5) is 29.3. The predicted octanol–water partition coefficient (Wildman–Crippen LogP) is 3.52. The van der Waals surface area contributed by atoms with Gasteiger partial charge in [-0.2, -0.15) is 0 Å². The number of carbonyl (C=O) groups excluding carboxylic acids is 2. The van der Waals surface area contributed by atoms with Gasteiger partial charge in [0.15, 0.2) is 0 Å². The Balaban J connectivity index is 1.74. The van der Waals surface area contributed by atoms with E-state index in [2.05, 4.69) is 15.6 Å². The SMILES string of the molecule is Cc1c(Cl)cccc1NC(=O)[C@@H]1CC(=O)Nc2nc3ccccc3n21. The summed E-state index contributed by atoms with van der Waals surface area (Å²) in [5.74, 6) is -0.115. The van der Waals surface area contributed by atoms with E-state index in [0.29, 0.717) is 16.7 Å². The second-order valence-electron chi connectivity index (χ2n) is 5.96. The predicted molar refractivity (Wildman–Crippen MR) is 96.8 cm³/mol. The Kier molecular flexibility index (Phi) is 3.69. The van der Waals surface area contributed by atoms with Gasteiger partial charge in [0.1, 0.15) is 6.04 Å². The van der Waals surface area contributed by atoms with Gasteiger partial charge in [0, 0.05) is 10.7 Å². The van der Waals surface area contributed by atoms with Crippen LogP contribution in [0.4, 0.5) is 11.6 Å². The van der Waals surface area contributed by atoms with Gasteiger partial charge < -0.3 is 5.32 Å². The molecular formula is C18H15ClN4O2. The zero-order valence-corrected chi connectivity index (χ0v) is 14.2. The maximum Gasteiger partial charge on any atom is 0.248 e. The number of para-hydroxylation sites is 2. The molecular weight excluding hydrogens is 340 g/mol. The van der Waals surface area contributed by atoms with E-state index in [-0.39, 0.29) is 18.2 Å². The molecule has 1 atom stereocenters. The molecule has 126 valence electrons. The molecule has 6 nitrogen and oxygen atoms in total. The minimum atomic E-state index is -0.672. The lowest BCUT2D eigenvalue weighted by atomic mass is 10.1. The van der Waals surface area contributed by atoms with Crippen molar-refractivity contribution in [1.29, 1.82) is 0 Å². The minimum absolute atomic E-state index is 0.0544. The molecule has 0 saturated heterocycles. The van der Waals surface area contributed by atoms with Gasteiger partial charge in [-0.1, -0.05) is 29.8 Å². The molecule has 3 aromatic rings. The first-order chi connectivity index (χ1) is 12.0. The zero-order chi connectivity index (χ0) is 17.6. The van der Waals surface area contributed by atoms with E-state index in [0.717, 1.165) is 16.6 Å². The number of fused-ring (bicyclic) bond motifs is 3. The number of nitrogens with zero attached hydrogens (tertiary/aromatic N) is 2. The highest BCUT2D eigenvalue weighted by Gasteiger charge is 2.33. The highest BCUT2D eigenvalue weighted by molar-refractivity contribution is 6.31. The molecule has 7 heteroatoms. The second-order valence-corrected chi connectivity index (χ2v) is 6.37. The molecule has 4 rings (SSSR count). The third-order valence-electron chi connectivity index (χ3n) is 4.37. The number of anilines is 2. The average molecular weight is 355 g/mol. The number of hydrogen-bond acceptors (Lipinski definition) is 3. The van der Waals surface area contributed by atoms with Gasteiger partial charge in [0.05, 0.1) is 17.5 Å². The summed E-state index contributed by atoms with van der Waals surface area (Å²) in [5.41, 5.74) is 2.96. The summed E-state index contributed by atoms with van der Waals surface area (Å²) < 4.78 is 1.77. The van der Waals surface area contributed by atoms with Gasteiger partial charge in [-0.3, -0.25) is 19.5 Å². The van der Waals surface area contributed by atoms with Crippen molar-refractivity contribution in [1.82, 2.24) is 9.55 Å². The smallest absolute Gasteiger partial charge is 0.248 e. The molecule has 2 amide bonds. The Hall–Kier alpha value is -2.86. The summed E-state index contributed by atoms with van der Waals surface area (Å²) in [6.45, 7) is 1.84. The number of hydrogen-bond donors (Lipinski definition) is 2. The molecule has 2 N–H and O–H groups in total. The van der Waals surface area contributed by atoms with Gasteiger partial charge in [0.25, 0.3) is 0 Å². The van der Waals surface area contributed by atoms with Crippen LogP contribution >= 0.6 is 11.6 Å². The normalized spacial score (nSPS) is 16.4. The number of halogens is 1. The van der Waals surface area contributed by atoms with Crippen molar-refractivity contribution in [2.75, 3.05) is 10.6 Å². The van der Waals surface area contributed by atoms with Crippen LogP contribution in [0.25, 0.3) is 11.0 Å². The Morgan fingerprint density at radius 3 is 2.92 bits per heavy atom. The van der Waals surface area contributed by atoms with E-state index in [1.165, 1.54) is 0 Å². The number of benzene rings is 2. The number of nitrogens with one attached hydrogen (secondary N) is 2. The summed E-state index contributed by atoms with van der Waals surface area (Å²) in [6, 6.07) is 12.1. The number of aromatic nitrogens is 2. The molecule has 0 bridgehead atoms. The molecule has 0 spiro atoms. The van der Waals surface area contributed by atoms with Gasteiger partial charge in [-0.25, -0.2) is 4.98 Å². The molecule has 2 heterocycles. The third-order valence-corrected chi connectivity index (χ3v) is 4.78. The van der Waals surface area contributed by atoms with Crippen LogP contribution in [0.1, 0.15) is 18.0 Å². The Bertz CT molecular complexity index is 1010. The van der Waals surface area contributed by atoms with Gasteiger partial charge in [-0.15, -0.1) is 0 Å². The number of imidazole rings is 1. The topological polar surface area (TPSA) is 76.0 Å². The van der Waals surface area contributed by atoms with Crippen molar-refractivity contribution in [2.45, 2.75) is 19.4 Å². The summed E-state index contributed by atoms with van der Waals surface area (Å²) in [7, 11) is 0. The largest absolute Gasteiger partial charge is 0.324 e. The average Bonchev–Trinajstić information content (AvgIpc) is 2.96.